The fourth-order valence-electron chi connectivity index (χ4n) is 0.741. The molecule has 0 atom stereocenters. The van der Waals surface area contributed by atoms with Crippen molar-refractivity contribution in [1.29, 1.82) is 0 Å². The first kappa shape index (κ1) is 11.2. The van der Waals surface area contributed by atoms with E-state index in [9.17, 15) is 22.4 Å². The van der Waals surface area contributed by atoms with Crippen molar-refractivity contribution in [2.24, 2.45) is 0 Å². The molecule has 1 N–H and O–H groups in total. The van der Waals surface area contributed by atoms with Crippen LogP contribution in [0.2, 0.25) is 0 Å². The molecule has 0 aliphatic carbocycles. The molecule has 1 aromatic rings. The van der Waals surface area contributed by atoms with E-state index in [1.54, 1.807) is 0 Å². The van der Waals surface area contributed by atoms with Crippen molar-refractivity contribution in [3.8, 4) is 5.75 Å². The first-order chi connectivity index (χ1) is 6.79. The van der Waals surface area contributed by atoms with Crippen LogP contribution in [0.15, 0.2) is 12.3 Å². The van der Waals surface area contributed by atoms with Gasteiger partial charge in [0.05, 0.1) is 5.56 Å². The predicted molar refractivity (Wildman–Crippen MR) is 37.8 cm³/mol. The summed E-state index contributed by atoms with van der Waals surface area (Å²) in [6.45, 7) is 0. The van der Waals surface area contributed by atoms with E-state index in [2.05, 4.69) is 9.72 Å². The number of carboxylic acids is 1. The molecule has 0 fully saturated rings. The van der Waals surface area contributed by atoms with E-state index >= 15 is 0 Å². The third-order valence-electron chi connectivity index (χ3n) is 1.28. The van der Waals surface area contributed by atoms with Gasteiger partial charge in [0, 0.05) is 12.3 Å². The first-order valence-electron chi connectivity index (χ1n) is 3.44. The van der Waals surface area contributed by atoms with Crippen LogP contribution in [0.5, 0.6) is 5.75 Å². The number of aromatic carboxylic acids is 1. The highest BCUT2D eigenvalue weighted by atomic mass is 19.4. The van der Waals surface area contributed by atoms with Gasteiger partial charge >= 0.3 is 12.3 Å². The monoisotopic (exact) mass is 225 g/mol. The van der Waals surface area contributed by atoms with E-state index in [1.165, 1.54) is 0 Å². The molecule has 1 rings (SSSR count). The Morgan fingerprint density at radius 1 is 1.47 bits per heavy atom. The van der Waals surface area contributed by atoms with E-state index < -0.39 is 29.6 Å². The number of ether oxygens (including phenoxy) is 1. The van der Waals surface area contributed by atoms with Gasteiger partial charge < -0.3 is 9.84 Å². The minimum Gasteiger partial charge on any atom is -0.478 e. The number of rotatable bonds is 2. The van der Waals surface area contributed by atoms with Crippen molar-refractivity contribution < 1.29 is 32.2 Å². The van der Waals surface area contributed by atoms with E-state index in [1.807, 2.05) is 0 Å². The highest BCUT2D eigenvalue weighted by Crippen LogP contribution is 2.25. The maximum absolute atomic E-state index is 12.6. The molecule has 0 amide bonds. The van der Waals surface area contributed by atoms with Crippen LogP contribution in [0.25, 0.3) is 0 Å². The van der Waals surface area contributed by atoms with Crippen LogP contribution in [0, 0.1) is 5.95 Å². The maximum Gasteiger partial charge on any atom is 0.573 e. The highest BCUT2D eigenvalue weighted by molar-refractivity contribution is 5.87. The zero-order valence-corrected chi connectivity index (χ0v) is 6.88. The molecule has 0 spiro atoms. The van der Waals surface area contributed by atoms with E-state index in [0.29, 0.717) is 12.3 Å². The van der Waals surface area contributed by atoms with Crippen LogP contribution in [0.1, 0.15) is 10.4 Å². The SMILES string of the molecule is O=C(O)c1cnc(F)c(OC(F)(F)F)c1. The smallest absolute Gasteiger partial charge is 0.478 e. The molecule has 1 aromatic heterocycles. The van der Waals surface area contributed by atoms with Crippen LogP contribution in [0.4, 0.5) is 17.6 Å². The van der Waals surface area contributed by atoms with Gasteiger partial charge in [0.15, 0.2) is 5.75 Å². The first-order valence-corrected chi connectivity index (χ1v) is 3.44. The Morgan fingerprint density at radius 2 is 2.07 bits per heavy atom. The molecule has 0 unspecified atom stereocenters. The van der Waals surface area contributed by atoms with Gasteiger partial charge in [-0.25, -0.2) is 9.78 Å². The van der Waals surface area contributed by atoms with Crippen LogP contribution in [-0.2, 0) is 0 Å². The van der Waals surface area contributed by atoms with E-state index in [0.717, 1.165) is 0 Å². The van der Waals surface area contributed by atoms with Gasteiger partial charge in [-0.05, 0) is 0 Å². The summed E-state index contributed by atoms with van der Waals surface area (Å²) in [7, 11) is 0. The molecule has 0 saturated heterocycles. The number of aromatic nitrogens is 1. The third kappa shape index (κ3) is 3.08. The van der Waals surface area contributed by atoms with Gasteiger partial charge in [-0.3, -0.25) is 0 Å². The highest BCUT2D eigenvalue weighted by Gasteiger charge is 2.33. The molecule has 0 saturated carbocycles. The zero-order valence-electron chi connectivity index (χ0n) is 6.88. The average Bonchev–Trinajstić information content (AvgIpc) is 2.06. The number of hydrogen-bond acceptors (Lipinski definition) is 3. The lowest BCUT2D eigenvalue weighted by Gasteiger charge is -2.09. The third-order valence-corrected chi connectivity index (χ3v) is 1.28. The molecule has 0 radical (unpaired) electrons. The summed E-state index contributed by atoms with van der Waals surface area (Å²) in [6, 6.07) is 0.401. The van der Waals surface area contributed by atoms with Gasteiger partial charge in [-0.1, -0.05) is 0 Å². The van der Waals surface area contributed by atoms with Gasteiger partial charge in [0.1, 0.15) is 0 Å². The summed E-state index contributed by atoms with van der Waals surface area (Å²) in [5.74, 6) is -4.34. The van der Waals surface area contributed by atoms with Gasteiger partial charge in [-0.15, -0.1) is 13.2 Å². The molecular formula is C7H3F4NO3. The molecule has 82 valence electrons. The topological polar surface area (TPSA) is 59.4 Å². The summed E-state index contributed by atoms with van der Waals surface area (Å²) < 4.78 is 50.9. The predicted octanol–water partition coefficient (Wildman–Crippen LogP) is 1.82. The Morgan fingerprint density at radius 3 is 2.53 bits per heavy atom. The molecule has 8 heteroatoms. The summed E-state index contributed by atoms with van der Waals surface area (Å²) in [6.07, 6.45) is -4.51. The second kappa shape index (κ2) is 3.71. The van der Waals surface area contributed by atoms with Crippen molar-refractivity contribution in [2.75, 3.05) is 0 Å². The summed E-state index contributed by atoms with van der Waals surface area (Å²) >= 11 is 0. The Kier molecular flexibility index (Phi) is 2.78. The molecule has 0 aliphatic heterocycles. The van der Waals surface area contributed by atoms with Gasteiger partial charge in [0.25, 0.3) is 5.95 Å². The molecule has 1 heterocycles. The number of alkyl halides is 3. The number of halogens is 4. The normalized spacial score (nSPS) is 11.2. The number of hydrogen-bond donors (Lipinski definition) is 1. The summed E-state index contributed by atoms with van der Waals surface area (Å²) in [5.41, 5.74) is -0.601. The van der Waals surface area contributed by atoms with Crippen LogP contribution in [-0.4, -0.2) is 22.4 Å². The van der Waals surface area contributed by atoms with Crippen molar-refractivity contribution in [2.45, 2.75) is 6.36 Å². The fourth-order valence-corrected chi connectivity index (χ4v) is 0.741. The largest absolute Gasteiger partial charge is 0.573 e. The minimum atomic E-state index is -5.10. The zero-order chi connectivity index (χ0) is 11.6. The molecule has 0 aliphatic rings. The lowest BCUT2D eigenvalue weighted by molar-refractivity contribution is -0.275. The Hall–Kier alpha value is -1.86. The fraction of sp³-hybridized carbons (Fsp3) is 0.143. The summed E-state index contributed by atoms with van der Waals surface area (Å²) in [5, 5.41) is 8.40. The summed E-state index contributed by atoms with van der Waals surface area (Å²) in [4.78, 5) is 13.1. The van der Waals surface area contributed by atoms with Gasteiger partial charge in [-0.2, -0.15) is 4.39 Å². The van der Waals surface area contributed by atoms with Crippen molar-refractivity contribution in [3.05, 3.63) is 23.8 Å². The van der Waals surface area contributed by atoms with Crippen molar-refractivity contribution in [3.63, 3.8) is 0 Å². The standard InChI is InChI=1S/C7H3F4NO3/c8-5-4(15-7(9,10)11)1-3(2-12-5)6(13)14/h1-2H,(H,13,14). The number of nitrogens with zero attached hydrogens (tertiary/aromatic N) is 1. The Bertz CT molecular complexity index is 390. The molecule has 4 nitrogen and oxygen atoms in total. The van der Waals surface area contributed by atoms with Crippen molar-refractivity contribution in [1.82, 2.24) is 4.98 Å². The number of carboxylic acid groups (broad SMARTS) is 1. The lowest BCUT2D eigenvalue weighted by Crippen LogP contribution is -2.18. The molecular weight excluding hydrogens is 222 g/mol. The molecule has 0 bridgehead atoms. The van der Waals surface area contributed by atoms with E-state index in [-0.39, 0.29) is 0 Å². The van der Waals surface area contributed by atoms with Crippen LogP contribution < -0.4 is 4.74 Å². The molecule has 15 heavy (non-hydrogen) atoms. The minimum absolute atomic E-state index is 0.401. The molecule has 0 aromatic carbocycles. The van der Waals surface area contributed by atoms with Crippen molar-refractivity contribution >= 4 is 5.97 Å². The van der Waals surface area contributed by atoms with Crippen LogP contribution >= 0.6 is 0 Å². The maximum atomic E-state index is 12.6. The average molecular weight is 225 g/mol. The van der Waals surface area contributed by atoms with Crippen LogP contribution in [0.3, 0.4) is 0 Å². The van der Waals surface area contributed by atoms with E-state index in [4.69, 9.17) is 5.11 Å². The lowest BCUT2D eigenvalue weighted by atomic mass is 10.3. The number of pyridine rings is 1. The number of carbonyl (C=O) groups is 1. The Balaban J connectivity index is 3.06. The van der Waals surface area contributed by atoms with Gasteiger partial charge in [0.2, 0.25) is 0 Å². The quantitative estimate of drug-likeness (QED) is 0.616. The Labute approximate surface area is 80.1 Å². The second-order valence-electron chi connectivity index (χ2n) is 2.37. The second-order valence-corrected chi connectivity index (χ2v) is 2.37.